The van der Waals surface area contributed by atoms with Crippen molar-refractivity contribution in [3.05, 3.63) is 22.1 Å². The number of hydrogen-bond donors (Lipinski definition) is 2. The van der Waals surface area contributed by atoms with E-state index in [9.17, 15) is 0 Å². The summed E-state index contributed by atoms with van der Waals surface area (Å²) in [7, 11) is 0. The maximum Gasteiger partial charge on any atom is 0.169 e. The number of aliphatic hydroxyl groups is 1. The summed E-state index contributed by atoms with van der Waals surface area (Å²) in [5, 5.41) is 8.72. The van der Waals surface area contributed by atoms with Crippen molar-refractivity contribution in [2.24, 2.45) is 5.73 Å². The Morgan fingerprint density at radius 1 is 1.75 bits per heavy atom. The second-order valence-corrected chi connectivity index (χ2v) is 3.59. The van der Waals surface area contributed by atoms with Crippen LogP contribution in [0.4, 0.5) is 0 Å². The minimum absolute atomic E-state index is 0.0161. The molecule has 1 aromatic heterocycles. The minimum atomic E-state index is -0.234. The van der Waals surface area contributed by atoms with Crippen molar-refractivity contribution in [2.75, 3.05) is 6.61 Å². The van der Waals surface area contributed by atoms with E-state index in [1.165, 1.54) is 0 Å². The van der Waals surface area contributed by atoms with Crippen LogP contribution in [0.3, 0.4) is 0 Å². The Hall–Kier alpha value is -0.320. The van der Waals surface area contributed by atoms with Crippen molar-refractivity contribution in [2.45, 2.75) is 19.4 Å². The molecule has 0 aromatic carbocycles. The van der Waals surface area contributed by atoms with Crippen LogP contribution >= 0.6 is 15.9 Å². The van der Waals surface area contributed by atoms with E-state index >= 15 is 0 Å². The van der Waals surface area contributed by atoms with E-state index in [2.05, 4.69) is 15.9 Å². The van der Waals surface area contributed by atoms with Gasteiger partial charge in [0.25, 0.3) is 0 Å². The summed E-state index contributed by atoms with van der Waals surface area (Å²) in [6.07, 6.45) is 0.577. The molecule has 1 heterocycles. The van der Waals surface area contributed by atoms with Crippen LogP contribution in [0, 0.1) is 6.92 Å². The average molecular weight is 234 g/mol. The van der Waals surface area contributed by atoms with Crippen molar-refractivity contribution >= 4 is 15.9 Å². The Balaban J connectivity index is 2.68. The Morgan fingerprint density at radius 2 is 2.42 bits per heavy atom. The zero-order valence-corrected chi connectivity index (χ0v) is 8.47. The highest BCUT2D eigenvalue weighted by atomic mass is 79.9. The molecule has 1 unspecified atom stereocenters. The molecule has 12 heavy (non-hydrogen) atoms. The van der Waals surface area contributed by atoms with Crippen LogP contribution in [0.15, 0.2) is 15.2 Å². The summed E-state index contributed by atoms with van der Waals surface area (Å²) in [6.45, 7) is 1.94. The lowest BCUT2D eigenvalue weighted by Crippen LogP contribution is -2.26. The van der Waals surface area contributed by atoms with Crippen LogP contribution in [0.25, 0.3) is 0 Å². The molecule has 0 saturated carbocycles. The molecular formula is C8H12BrNO2. The van der Waals surface area contributed by atoms with Gasteiger partial charge in [0.05, 0.1) is 6.61 Å². The van der Waals surface area contributed by atoms with Gasteiger partial charge in [0.2, 0.25) is 0 Å². The molecule has 0 aliphatic carbocycles. The first-order valence-corrected chi connectivity index (χ1v) is 4.54. The number of furan rings is 1. The van der Waals surface area contributed by atoms with E-state index < -0.39 is 0 Å². The van der Waals surface area contributed by atoms with Gasteiger partial charge in [0, 0.05) is 12.5 Å². The molecule has 0 amide bonds. The zero-order valence-electron chi connectivity index (χ0n) is 6.88. The average Bonchev–Trinajstić information content (AvgIpc) is 2.30. The van der Waals surface area contributed by atoms with Crippen molar-refractivity contribution in [1.29, 1.82) is 0 Å². The van der Waals surface area contributed by atoms with Gasteiger partial charge < -0.3 is 15.3 Å². The largest absolute Gasteiger partial charge is 0.454 e. The molecule has 4 heteroatoms. The topological polar surface area (TPSA) is 59.4 Å². The van der Waals surface area contributed by atoms with E-state index in [0.29, 0.717) is 11.1 Å². The van der Waals surface area contributed by atoms with E-state index in [-0.39, 0.29) is 12.6 Å². The first-order valence-electron chi connectivity index (χ1n) is 3.74. The predicted octanol–water partition coefficient (Wildman–Crippen LogP) is 1.21. The first kappa shape index (κ1) is 9.77. The van der Waals surface area contributed by atoms with Crippen LogP contribution in [-0.4, -0.2) is 17.8 Å². The molecule has 0 spiro atoms. The molecule has 0 aliphatic rings. The molecule has 1 rings (SSSR count). The van der Waals surface area contributed by atoms with Crippen molar-refractivity contribution in [3.63, 3.8) is 0 Å². The molecule has 0 fully saturated rings. The Morgan fingerprint density at radius 3 is 2.83 bits per heavy atom. The standard InChI is InChI=1S/C8H12BrNO2/c1-5-2-8(9)12-7(5)3-6(10)4-11/h2,6,11H,3-4,10H2,1H3. The summed E-state index contributed by atoms with van der Waals surface area (Å²) >= 11 is 3.22. The number of aliphatic hydroxyl groups excluding tert-OH is 1. The Bertz CT molecular complexity index is 260. The third-order valence-corrected chi connectivity index (χ3v) is 2.06. The zero-order chi connectivity index (χ0) is 9.14. The highest BCUT2D eigenvalue weighted by Crippen LogP contribution is 2.20. The van der Waals surface area contributed by atoms with E-state index in [0.717, 1.165) is 11.3 Å². The molecule has 0 saturated heterocycles. The van der Waals surface area contributed by atoms with Crippen LogP contribution < -0.4 is 5.73 Å². The van der Waals surface area contributed by atoms with Gasteiger partial charge in [0.1, 0.15) is 5.76 Å². The quantitative estimate of drug-likeness (QED) is 0.826. The number of nitrogens with two attached hydrogens (primary N) is 1. The molecule has 1 atom stereocenters. The maximum absolute atomic E-state index is 8.72. The van der Waals surface area contributed by atoms with Gasteiger partial charge >= 0.3 is 0 Å². The van der Waals surface area contributed by atoms with Gasteiger partial charge in [-0.25, -0.2) is 0 Å². The number of aryl methyl sites for hydroxylation is 1. The van der Waals surface area contributed by atoms with E-state index in [1.807, 2.05) is 13.0 Å². The molecule has 0 aliphatic heterocycles. The monoisotopic (exact) mass is 233 g/mol. The van der Waals surface area contributed by atoms with Crippen LogP contribution in [0.1, 0.15) is 11.3 Å². The van der Waals surface area contributed by atoms with Crippen LogP contribution in [-0.2, 0) is 6.42 Å². The third-order valence-electron chi connectivity index (χ3n) is 1.67. The van der Waals surface area contributed by atoms with Crippen molar-refractivity contribution in [1.82, 2.24) is 0 Å². The lowest BCUT2D eigenvalue weighted by Gasteiger charge is -2.05. The van der Waals surface area contributed by atoms with Gasteiger partial charge in [-0.1, -0.05) is 0 Å². The summed E-state index contributed by atoms with van der Waals surface area (Å²) in [6, 6.07) is 1.65. The fourth-order valence-electron chi connectivity index (χ4n) is 0.984. The molecule has 0 radical (unpaired) electrons. The maximum atomic E-state index is 8.72. The third kappa shape index (κ3) is 2.33. The highest BCUT2D eigenvalue weighted by molar-refractivity contribution is 9.10. The molecule has 0 bridgehead atoms. The molecule has 68 valence electrons. The summed E-state index contributed by atoms with van der Waals surface area (Å²) < 4.78 is 6.02. The van der Waals surface area contributed by atoms with E-state index in [1.54, 1.807) is 0 Å². The lowest BCUT2D eigenvalue weighted by molar-refractivity contribution is 0.259. The lowest BCUT2D eigenvalue weighted by atomic mass is 10.1. The van der Waals surface area contributed by atoms with Crippen LogP contribution in [0.2, 0.25) is 0 Å². The Kier molecular flexibility index (Phi) is 3.31. The summed E-state index contributed by atoms with van der Waals surface area (Å²) in [5.41, 5.74) is 6.62. The number of hydrogen-bond acceptors (Lipinski definition) is 3. The second kappa shape index (κ2) is 4.07. The Labute approximate surface area is 79.7 Å². The molecule has 3 N–H and O–H groups in total. The fourth-order valence-corrected chi connectivity index (χ4v) is 1.52. The predicted molar refractivity (Wildman–Crippen MR) is 49.9 cm³/mol. The van der Waals surface area contributed by atoms with Crippen LogP contribution in [0.5, 0.6) is 0 Å². The number of halogens is 1. The van der Waals surface area contributed by atoms with Gasteiger partial charge in [0.15, 0.2) is 4.67 Å². The number of rotatable bonds is 3. The van der Waals surface area contributed by atoms with Crippen molar-refractivity contribution < 1.29 is 9.52 Å². The fraction of sp³-hybridized carbons (Fsp3) is 0.500. The summed E-state index contributed by atoms with van der Waals surface area (Å²) in [4.78, 5) is 0. The van der Waals surface area contributed by atoms with Gasteiger partial charge in [-0.2, -0.15) is 0 Å². The molecule has 1 aromatic rings. The minimum Gasteiger partial charge on any atom is -0.454 e. The summed E-state index contributed by atoms with van der Waals surface area (Å²) in [5.74, 6) is 0.837. The smallest absolute Gasteiger partial charge is 0.169 e. The normalized spacial score (nSPS) is 13.3. The van der Waals surface area contributed by atoms with Crippen molar-refractivity contribution in [3.8, 4) is 0 Å². The molecule has 3 nitrogen and oxygen atoms in total. The molecular weight excluding hydrogens is 222 g/mol. The van der Waals surface area contributed by atoms with E-state index in [4.69, 9.17) is 15.3 Å². The van der Waals surface area contributed by atoms with Gasteiger partial charge in [-0.05, 0) is 34.5 Å². The highest BCUT2D eigenvalue weighted by Gasteiger charge is 2.09. The van der Waals surface area contributed by atoms with Gasteiger partial charge in [-0.3, -0.25) is 0 Å². The first-order chi connectivity index (χ1) is 5.63. The SMILES string of the molecule is Cc1cc(Br)oc1CC(N)CO. The van der Waals surface area contributed by atoms with Gasteiger partial charge in [-0.15, -0.1) is 0 Å². The second-order valence-electron chi connectivity index (χ2n) is 2.80.